The van der Waals surface area contributed by atoms with Crippen LogP contribution in [-0.2, 0) is 13.6 Å². The zero-order valence-electron chi connectivity index (χ0n) is 13.2. The van der Waals surface area contributed by atoms with Gasteiger partial charge in [-0.25, -0.2) is 0 Å². The molecule has 1 aromatic carbocycles. The zero-order valence-corrected chi connectivity index (χ0v) is 13.2. The van der Waals surface area contributed by atoms with Gasteiger partial charge in [0.25, 0.3) is 5.56 Å². The molecule has 1 N–H and O–H groups in total. The Morgan fingerprint density at radius 1 is 1.22 bits per heavy atom. The summed E-state index contributed by atoms with van der Waals surface area (Å²) in [6.45, 7) is 1.97. The number of benzene rings is 1. The highest BCUT2D eigenvalue weighted by Crippen LogP contribution is 2.42. The van der Waals surface area contributed by atoms with Gasteiger partial charge >= 0.3 is 0 Å². The molecule has 0 atom stereocenters. The first-order chi connectivity index (χ1) is 11.2. The van der Waals surface area contributed by atoms with Gasteiger partial charge < -0.3 is 14.5 Å². The summed E-state index contributed by atoms with van der Waals surface area (Å²) in [5.74, 6) is 0.824. The minimum atomic E-state index is 0.0446. The molecular weight excluding hydrogens is 286 g/mol. The lowest BCUT2D eigenvalue weighted by Gasteiger charge is -2.25. The van der Waals surface area contributed by atoms with E-state index >= 15 is 0 Å². The Morgan fingerprint density at radius 2 is 2.04 bits per heavy atom. The van der Waals surface area contributed by atoms with Crippen LogP contribution in [0.4, 0.5) is 5.69 Å². The molecule has 4 heteroatoms. The molecule has 3 aromatic rings. The molecule has 0 amide bonds. The van der Waals surface area contributed by atoms with E-state index in [4.69, 9.17) is 0 Å². The third kappa shape index (κ3) is 1.87. The lowest BCUT2D eigenvalue weighted by molar-refractivity contribution is 0.726. The Hall–Kier alpha value is -2.49. The summed E-state index contributed by atoms with van der Waals surface area (Å²) in [6.07, 6.45) is 6.68. The number of hydrogen-bond donors (Lipinski definition) is 1. The number of aryl methyl sites for hydroxylation is 1. The van der Waals surface area contributed by atoms with Crippen molar-refractivity contribution >= 4 is 16.6 Å². The highest BCUT2D eigenvalue weighted by Gasteiger charge is 2.29. The number of pyridine rings is 1. The van der Waals surface area contributed by atoms with E-state index in [9.17, 15) is 4.79 Å². The zero-order chi connectivity index (χ0) is 15.6. The number of hydrogen-bond acceptors (Lipinski definition) is 2. The standard InChI is InChI=1S/C19H19N3O/c1-21-11-15-14-4-2-3-5-16(14)22(9-12-6-7-12)10-13-8-20-18(17(13)15)19(21)23/h2-5,8,11-12,20H,6-7,9-10H2,1H3. The Bertz CT molecular complexity index is 978. The van der Waals surface area contributed by atoms with E-state index in [-0.39, 0.29) is 5.56 Å². The van der Waals surface area contributed by atoms with E-state index in [0.717, 1.165) is 35.5 Å². The quantitative estimate of drug-likeness (QED) is 0.789. The lowest BCUT2D eigenvalue weighted by Crippen LogP contribution is -2.24. The molecule has 0 spiro atoms. The molecule has 1 fully saturated rings. The average molecular weight is 305 g/mol. The molecule has 2 aromatic heterocycles. The van der Waals surface area contributed by atoms with Gasteiger partial charge in [0.1, 0.15) is 5.52 Å². The van der Waals surface area contributed by atoms with Gasteiger partial charge in [0.05, 0.1) is 0 Å². The monoisotopic (exact) mass is 305 g/mol. The average Bonchev–Trinajstić information content (AvgIpc) is 3.30. The number of H-pyrrole nitrogens is 1. The Morgan fingerprint density at radius 3 is 2.87 bits per heavy atom. The van der Waals surface area contributed by atoms with Crippen molar-refractivity contribution in [2.45, 2.75) is 19.4 Å². The maximum atomic E-state index is 12.4. The van der Waals surface area contributed by atoms with Crippen LogP contribution in [-0.4, -0.2) is 16.1 Å². The fraction of sp³-hybridized carbons (Fsp3) is 0.316. The fourth-order valence-corrected chi connectivity index (χ4v) is 3.81. The van der Waals surface area contributed by atoms with E-state index in [0.29, 0.717) is 0 Å². The van der Waals surface area contributed by atoms with Gasteiger partial charge in [0, 0.05) is 54.7 Å². The Labute approximate surface area is 134 Å². The number of rotatable bonds is 2. The van der Waals surface area contributed by atoms with Crippen LogP contribution in [0.25, 0.3) is 22.0 Å². The van der Waals surface area contributed by atoms with Crippen LogP contribution in [0.1, 0.15) is 18.4 Å². The number of nitrogens with one attached hydrogen (secondary N) is 1. The number of aromatic nitrogens is 2. The van der Waals surface area contributed by atoms with Crippen molar-refractivity contribution in [1.29, 1.82) is 0 Å². The molecule has 5 rings (SSSR count). The number of nitrogens with zero attached hydrogens (tertiary/aromatic N) is 2. The van der Waals surface area contributed by atoms with E-state index in [1.165, 1.54) is 29.7 Å². The largest absolute Gasteiger partial charge is 0.366 e. The maximum Gasteiger partial charge on any atom is 0.274 e. The summed E-state index contributed by atoms with van der Waals surface area (Å²) in [5, 5.41) is 1.10. The number of aromatic amines is 1. The van der Waals surface area contributed by atoms with Gasteiger partial charge in [0.2, 0.25) is 0 Å². The molecule has 1 aliphatic carbocycles. The highest BCUT2D eigenvalue weighted by molar-refractivity contribution is 6.01. The van der Waals surface area contributed by atoms with E-state index in [1.54, 1.807) is 4.57 Å². The van der Waals surface area contributed by atoms with Crippen molar-refractivity contribution in [2.24, 2.45) is 13.0 Å². The van der Waals surface area contributed by atoms with Crippen LogP contribution < -0.4 is 10.5 Å². The molecule has 0 saturated heterocycles. The van der Waals surface area contributed by atoms with Crippen LogP contribution in [0.15, 0.2) is 41.5 Å². The predicted molar refractivity (Wildman–Crippen MR) is 92.7 cm³/mol. The summed E-state index contributed by atoms with van der Waals surface area (Å²) in [6, 6.07) is 8.59. The maximum absolute atomic E-state index is 12.4. The molecule has 1 saturated carbocycles. The van der Waals surface area contributed by atoms with Crippen molar-refractivity contribution in [3.05, 3.63) is 52.6 Å². The third-order valence-corrected chi connectivity index (χ3v) is 5.16. The van der Waals surface area contributed by atoms with Crippen LogP contribution in [0.3, 0.4) is 0 Å². The van der Waals surface area contributed by atoms with Gasteiger partial charge in [-0.05, 0) is 30.4 Å². The Balaban J connectivity index is 1.83. The molecular formula is C19H19N3O. The van der Waals surface area contributed by atoms with Gasteiger partial charge in [-0.1, -0.05) is 18.2 Å². The smallest absolute Gasteiger partial charge is 0.274 e. The fourth-order valence-electron chi connectivity index (χ4n) is 3.81. The van der Waals surface area contributed by atoms with E-state index in [2.05, 4.69) is 34.1 Å². The number of para-hydroxylation sites is 1. The summed E-state index contributed by atoms with van der Waals surface area (Å²) in [5.41, 5.74) is 5.67. The van der Waals surface area contributed by atoms with Crippen LogP contribution >= 0.6 is 0 Å². The Kier molecular flexibility index (Phi) is 2.55. The molecule has 2 aliphatic rings. The normalized spacial score (nSPS) is 16.5. The highest BCUT2D eigenvalue weighted by atomic mass is 16.1. The van der Waals surface area contributed by atoms with Crippen molar-refractivity contribution in [2.75, 3.05) is 11.4 Å². The van der Waals surface area contributed by atoms with E-state index < -0.39 is 0 Å². The number of fused-ring (bicyclic) bond motifs is 2. The molecule has 4 nitrogen and oxygen atoms in total. The first kappa shape index (κ1) is 13.0. The van der Waals surface area contributed by atoms with E-state index in [1.807, 2.05) is 19.4 Å². The second-order valence-corrected chi connectivity index (χ2v) is 6.86. The third-order valence-electron chi connectivity index (χ3n) is 5.16. The van der Waals surface area contributed by atoms with Gasteiger partial charge in [-0.2, -0.15) is 0 Å². The minimum absolute atomic E-state index is 0.0446. The summed E-state index contributed by atoms with van der Waals surface area (Å²) in [4.78, 5) is 18.1. The number of anilines is 1. The first-order valence-corrected chi connectivity index (χ1v) is 8.26. The SMILES string of the molecule is Cn1cc2c3c(c[nH]c3c1=O)CN(CC1CC1)c1ccccc1-2. The molecule has 0 radical (unpaired) electrons. The van der Waals surface area contributed by atoms with Crippen molar-refractivity contribution in [1.82, 2.24) is 9.55 Å². The summed E-state index contributed by atoms with van der Waals surface area (Å²) in [7, 11) is 1.83. The van der Waals surface area contributed by atoms with Crippen molar-refractivity contribution in [3.8, 4) is 11.1 Å². The second kappa shape index (κ2) is 4.51. The summed E-state index contributed by atoms with van der Waals surface area (Å²) < 4.78 is 1.69. The summed E-state index contributed by atoms with van der Waals surface area (Å²) >= 11 is 0. The van der Waals surface area contributed by atoms with Gasteiger partial charge in [-0.3, -0.25) is 4.79 Å². The van der Waals surface area contributed by atoms with Crippen molar-refractivity contribution < 1.29 is 0 Å². The predicted octanol–water partition coefficient (Wildman–Crippen LogP) is 3.26. The minimum Gasteiger partial charge on any atom is -0.366 e. The van der Waals surface area contributed by atoms with Gasteiger partial charge in [-0.15, -0.1) is 0 Å². The first-order valence-electron chi connectivity index (χ1n) is 8.26. The molecule has 1 aliphatic heterocycles. The van der Waals surface area contributed by atoms with Gasteiger partial charge in [0.15, 0.2) is 0 Å². The molecule has 3 heterocycles. The lowest BCUT2D eigenvalue weighted by atomic mass is 10.0. The van der Waals surface area contributed by atoms with Crippen LogP contribution in [0, 0.1) is 5.92 Å². The topological polar surface area (TPSA) is 41.0 Å². The molecule has 23 heavy (non-hydrogen) atoms. The molecule has 0 bridgehead atoms. The van der Waals surface area contributed by atoms with Crippen molar-refractivity contribution in [3.63, 3.8) is 0 Å². The molecule has 0 unspecified atom stereocenters. The van der Waals surface area contributed by atoms with Crippen LogP contribution in [0.2, 0.25) is 0 Å². The van der Waals surface area contributed by atoms with Crippen LogP contribution in [0.5, 0.6) is 0 Å². The molecule has 116 valence electrons. The second-order valence-electron chi connectivity index (χ2n) is 6.86.